The van der Waals surface area contributed by atoms with Gasteiger partial charge in [0.25, 0.3) is 0 Å². The summed E-state index contributed by atoms with van der Waals surface area (Å²) in [7, 11) is 0. The third-order valence-electron chi connectivity index (χ3n) is 4.26. The molecule has 1 saturated heterocycles. The van der Waals surface area contributed by atoms with Crippen LogP contribution >= 0.6 is 11.3 Å². The zero-order valence-electron chi connectivity index (χ0n) is 13.4. The lowest BCUT2D eigenvalue weighted by atomic mass is 10.1. The topological polar surface area (TPSA) is 53.4 Å². The zero-order chi connectivity index (χ0) is 16.2. The first-order valence-corrected chi connectivity index (χ1v) is 9.04. The lowest BCUT2D eigenvalue weighted by molar-refractivity contribution is -0.136. The molecule has 3 rings (SSSR count). The summed E-state index contributed by atoms with van der Waals surface area (Å²) in [6.07, 6.45) is 4.69. The molecule has 0 spiro atoms. The fourth-order valence-electron chi connectivity index (χ4n) is 2.94. The molecular formula is C18H22N2O2S. The molecule has 2 aromatic rings. The third-order valence-corrected chi connectivity index (χ3v) is 5.38. The van der Waals surface area contributed by atoms with Crippen LogP contribution in [0.2, 0.25) is 0 Å². The minimum absolute atomic E-state index is 0.0381. The first kappa shape index (κ1) is 16.0. The molecule has 4 nitrogen and oxygen atoms in total. The van der Waals surface area contributed by atoms with E-state index in [2.05, 4.69) is 36.1 Å². The average molecular weight is 330 g/mol. The highest BCUT2D eigenvalue weighted by molar-refractivity contribution is 7.16. The second-order valence-electron chi connectivity index (χ2n) is 5.94. The van der Waals surface area contributed by atoms with Gasteiger partial charge in [-0.2, -0.15) is 0 Å². The van der Waals surface area contributed by atoms with Crippen molar-refractivity contribution in [2.45, 2.75) is 39.0 Å². The predicted octanol–water partition coefficient (Wildman–Crippen LogP) is 3.99. The van der Waals surface area contributed by atoms with E-state index in [1.165, 1.54) is 36.2 Å². The summed E-state index contributed by atoms with van der Waals surface area (Å²) in [5.41, 5.74) is 3.12. The largest absolute Gasteiger partial charge is 0.481 e. The fourth-order valence-corrected chi connectivity index (χ4v) is 4.07. The molecule has 122 valence electrons. The van der Waals surface area contributed by atoms with Crippen molar-refractivity contribution in [1.82, 2.24) is 4.98 Å². The number of hydrogen-bond donors (Lipinski definition) is 1. The quantitative estimate of drug-likeness (QED) is 0.900. The van der Waals surface area contributed by atoms with Gasteiger partial charge in [-0.1, -0.05) is 31.2 Å². The second-order valence-corrected chi connectivity index (χ2v) is 7.00. The van der Waals surface area contributed by atoms with Gasteiger partial charge in [-0.25, -0.2) is 4.98 Å². The molecule has 1 aromatic carbocycles. The van der Waals surface area contributed by atoms with Crippen LogP contribution in [0.25, 0.3) is 11.3 Å². The first-order chi connectivity index (χ1) is 11.2. The van der Waals surface area contributed by atoms with Crippen LogP contribution < -0.4 is 4.90 Å². The Morgan fingerprint density at radius 1 is 1.22 bits per heavy atom. The Morgan fingerprint density at radius 2 is 1.91 bits per heavy atom. The molecule has 5 heteroatoms. The van der Waals surface area contributed by atoms with Gasteiger partial charge in [-0.05, 0) is 31.2 Å². The van der Waals surface area contributed by atoms with E-state index >= 15 is 0 Å². The maximum atomic E-state index is 11.2. The molecule has 1 N–H and O–H groups in total. The van der Waals surface area contributed by atoms with Crippen LogP contribution in [0.1, 0.15) is 36.6 Å². The molecule has 0 saturated carbocycles. The fraction of sp³-hybridized carbons (Fsp3) is 0.444. The van der Waals surface area contributed by atoms with E-state index in [0.717, 1.165) is 40.8 Å². The Morgan fingerprint density at radius 3 is 2.52 bits per heavy atom. The Bertz CT molecular complexity index is 673. The lowest BCUT2D eigenvalue weighted by Gasteiger charge is -2.25. The number of anilines is 1. The van der Waals surface area contributed by atoms with Gasteiger partial charge in [0, 0.05) is 23.5 Å². The molecule has 0 aliphatic carbocycles. The molecule has 23 heavy (non-hydrogen) atoms. The van der Waals surface area contributed by atoms with Crippen LogP contribution in [-0.4, -0.2) is 29.1 Å². The van der Waals surface area contributed by atoms with Crippen molar-refractivity contribution in [3.63, 3.8) is 0 Å². The predicted molar refractivity (Wildman–Crippen MR) is 94.3 cm³/mol. The maximum Gasteiger partial charge on any atom is 0.308 e. The van der Waals surface area contributed by atoms with E-state index in [0.29, 0.717) is 0 Å². The number of aliphatic carboxylic acids is 1. The number of aryl methyl sites for hydroxylation is 1. The summed E-state index contributed by atoms with van der Waals surface area (Å²) in [6, 6.07) is 8.30. The van der Waals surface area contributed by atoms with Crippen LogP contribution in [0, 0.1) is 0 Å². The van der Waals surface area contributed by atoms with Gasteiger partial charge in [0.05, 0.1) is 12.1 Å². The van der Waals surface area contributed by atoms with Gasteiger partial charge in [-0.15, -0.1) is 11.3 Å². The molecule has 0 unspecified atom stereocenters. The minimum Gasteiger partial charge on any atom is -0.481 e. The SMILES string of the molecule is CCc1ccc(-c2nc(N3CCCCC3)sc2CC(=O)O)cc1. The molecule has 0 atom stereocenters. The summed E-state index contributed by atoms with van der Waals surface area (Å²) in [5.74, 6) is -0.801. The van der Waals surface area contributed by atoms with E-state index in [-0.39, 0.29) is 6.42 Å². The van der Waals surface area contributed by atoms with Crippen molar-refractivity contribution < 1.29 is 9.90 Å². The number of carbonyl (C=O) groups is 1. The molecule has 1 fully saturated rings. The van der Waals surface area contributed by atoms with Crippen LogP contribution in [0.5, 0.6) is 0 Å². The summed E-state index contributed by atoms with van der Waals surface area (Å²) < 4.78 is 0. The van der Waals surface area contributed by atoms with E-state index in [9.17, 15) is 9.90 Å². The smallest absolute Gasteiger partial charge is 0.308 e. The van der Waals surface area contributed by atoms with Gasteiger partial charge < -0.3 is 10.0 Å². The highest BCUT2D eigenvalue weighted by atomic mass is 32.1. The van der Waals surface area contributed by atoms with E-state index in [4.69, 9.17) is 4.98 Å². The molecule has 0 radical (unpaired) electrons. The van der Waals surface area contributed by atoms with E-state index in [1.54, 1.807) is 0 Å². The number of piperidine rings is 1. The van der Waals surface area contributed by atoms with E-state index < -0.39 is 5.97 Å². The summed E-state index contributed by atoms with van der Waals surface area (Å²) in [5, 5.41) is 10.2. The second kappa shape index (κ2) is 7.13. The Hall–Kier alpha value is -1.88. The van der Waals surface area contributed by atoms with Gasteiger partial charge in [-0.3, -0.25) is 4.79 Å². The van der Waals surface area contributed by atoms with Crippen molar-refractivity contribution >= 4 is 22.4 Å². The zero-order valence-corrected chi connectivity index (χ0v) is 14.2. The molecule has 1 aliphatic rings. The number of hydrogen-bond acceptors (Lipinski definition) is 4. The van der Waals surface area contributed by atoms with Crippen LogP contribution in [0.3, 0.4) is 0 Å². The van der Waals surface area contributed by atoms with Gasteiger partial charge in [0.1, 0.15) is 0 Å². The number of carboxylic acids is 1. The monoisotopic (exact) mass is 330 g/mol. The van der Waals surface area contributed by atoms with Crippen LogP contribution in [-0.2, 0) is 17.6 Å². The molecule has 1 aliphatic heterocycles. The maximum absolute atomic E-state index is 11.2. The van der Waals surface area contributed by atoms with Crippen molar-refractivity contribution in [3.05, 3.63) is 34.7 Å². The number of carboxylic acid groups (broad SMARTS) is 1. The number of aromatic nitrogens is 1. The first-order valence-electron chi connectivity index (χ1n) is 8.23. The number of rotatable bonds is 5. The molecular weight excluding hydrogens is 308 g/mol. The third kappa shape index (κ3) is 3.72. The van der Waals surface area contributed by atoms with Crippen LogP contribution in [0.4, 0.5) is 5.13 Å². The van der Waals surface area contributed by atoms with Gasteiger partial charge in [0.15, 0.2) is 5.13 Å². The number of thiazole rings is 1. The summed E-state index contributed by atoms with van der Waals surface area (Å²) in [6.45, 7) is 4.17. The number of benzene rings is 1. The van der Waals surface area contributed by atoms with Crippen molar-refractivity contribution in [2.24, 2.45) is 0 Å². The number of nitrogens with zero attached hydrogens (tertiary/aromatic N) is 2. The van der Waals surface area contributed by atoms with Crippen molar-refractivity contribution in [2.75, 3.05) is 18.0 Å². The highest BCUT2D eigenvalue weighted by Gasteiger charge is 2.20. The Kier molecular flexibility index (Phi) is 4.96. The molecule has 1 aromatic heterocycles. The van der Waals surface area contributed by atoms with Gasteiger partial charge in [0.2, 0.25) is 0 Å². The Labute approximate surface area is 140 Å². The van der Waals surface area contributed by atoms with E-state index in [1.807, 2.05) is 0 Å². The van der Waals surface area contributed by atoms with Crippen molar-refractivity contribution in [3.8, 4) is 11.3 Å². The van der Waals surface area contributed by atoms with Crippen LogP contribution in [0.15, 0.2) is 24.3 Å². The average Bonchev–Trinajstić information content (AvgIpc) is 2.99. The lowest BCUT2D eigenvalue weighted by Crippen LogP contribution is -2.29. The van der Waals surface area contributed by atoms with Crippen molar-refractivity contribution in [1.29, 1.82) is 0 Å². The molecule has 0 amide bonds. The summed E-state index contributed by atoms with van der Waals surface area (Å²) in [4.78, 5) is 19.1. The minimum atomic E-state index is -0.801. The van der Waals surface area contributed by atoms with Gasteiger partial charge >= 0.3 is 5.97 Å². The normalized spacial score (nSPS) is 14.9. The molecule has 0 bridgehead atoms. The molecule has 2 heterocycles. The standard InChI is InChI=1S/C18H22N2O2S/c1-2-13-6-8-14(9-7-13)17-15(12-16(21)22)23-18(19-17)20-10-4-3-5-11-20/h6-9H,2-5,10-12H2,1H3,(H,21,22). The Balaban J connectivity index is 1.95. The summed E-state index contributed by atoms with van der Waals surface area (Å²) >= 11 is 1.53. The highest BCUT2D eigenvalue weighted by Crippen LogP contribution is 2.34.